The third-order valence-electron chi connectivity index (χ3n) is 6.85. The second kappa shape index (κ2) is 12.9. The highest BCUT2D eigenvalue weighted by atomic mass is 16.5. The maximum absolute atomic E-state index is 12.7. The zero-order valence-electron chi connectivity index (χ0n) is 23.4. The lowest BCUT2D eigenvalue weighted by atomic mass is 10.0. The topological polar surface area (TPSA) is 69.9 Å². The highest BCUT2D eigenvalue weighted by molar-refractivity contribution is 5.95. The molecule has 41 heavy (non-hydrogen) atoms. The fourth-order valence-corrected chi connectivity index (χ4v) is 4.72. The quantitative estimate of drug-likeness (QED) is 0.175. The van der Waals surface area contributed by atoms with Crippen molar-refractivity contribution in [3.63, 3.8) is 0 Å². The Morgan fingerprint density at radius 1 is 0.805 bits per heavy atom. The van der Waals surface area contributed by atoms with Gasteiger partial charge in [0.1, 0.15) is 11.9 Å². The minimum absolute atomic E-state index is 0.187. The molecule has 0 bridgehead atoms. The standard InChI is InChI=1S/C35H33NO5/c1-24(21-33(37)36-20-19-25-17-18-29(38-2)32(22-25)39-3)31-23-28-15-10-16-30(35(28)41-31)40-34(26-11-6-4-7-12-26)27-13-8-5-9-14-27/h4-18,21-23,34H,19-20H2,1-3H3,(H,36,37)/b24-21-. The number of fused-ring (bicyclic) bond motifs is 1. The molecule has 208 valence electrons. The molecule has 1 aromatic heterocycles. The molecule has 5 aromatic rings. The number of ether oxygens (including phenoxy) is 3. The molecule has 0 fully saturated rings. The second-order valence-electron chi connectivity index (χ2n) is 9.66. The lowest BCUT2D eigenvalue weighted by Gasteiger charge is -2.20. The summed E-state index contributed by atoms with van der Waals surface area (Å²) >= 11 is 0. The van der Waals surface area contributed by atoms with Crippen LogP contribution in [-0.2, 0) is 11.2 Å². The van der Waals surface area contributed by atoms with Gasteiger partial charge < -0.3 is 23.9 Å². The molecule has 6 heteroatoms. The number of nitrogens with one attached hydrogen (secondary N) is 1. The highest BCUT2D eigenvalue weighted by Gasteiger charge is 2.19. The normalized spacial score (nSPS) is 11.5. The summed E-state index contributed by atoms with van der Waals surface area (Å²) in [5.74, 6) is 2.40. The summed E-state index contributed by atoms with van der Waals surface area (Å²) in [6, 6.07) is 33.8. The molecule has 5 rings (SSSR count). The van der Waals surface area contributed by atoms with Crippen LogP contribution in [0.4, 0.5) is 0 Å². The molecule has 0 radical (unpaired) electrons. The van der Waals surface area contributed by atoms with Crippen LogP contribution >= 0.6 is 0 Å². The van der Waals surface area contributed by atoms with E-state index in [-0.39, 0.29) is 12.0 Å². The van der Waals surface area contributed by atoms with E-state index in [9.17, 15) is 4.79 Å². The van der Waals surface area contributed by atoms with Gasteiger partial charge in [-0.05, 0) is 59.9 Å². The zero-order valence-corrected chi connectivity index (χ0v) is 23.4. The number of hydrogen-bond donors (Lipinski definition) is 1. The van der Waals surface area contributed by atoms with Gasteiger partial charge in [0, 0.05) is 18.0 Å². The van der Waals surface area contributed by atoms with Crippen molar-refractivity contribution in [2.75, 3.05) is 20.8 Å². The van der Waals surface area contributed by atoms with Gasteiger partial charge in [0.2, 0.25) is 5.91 Å². The number of carbonyl (C=O) groups excluding carboxylic acids is 1. The van der Waals surface area contributed by atoms with E-state index in [0.29, 0.717) is 41.6 Å². The van der Waals surface area contributed by atoms with Crippen LogP contribution in [0.15, 0.2) is 114 Å². The molecule has 4 aromatic carbocycles. The van der Waals surface area contributed by atoms with Crippen molar-refractivity contribution in [1.29, 1.82) is 0 Å². The summed E-state index contributed by atoms with van der Waals surface area (Å²) in [6.07, 6.45) is 1.92. The van der Waals surface area contributed by atoms with Gasteiger partial charge in [-0.3, -0.25) is 4.79 Å². The van der Waals surface area contributed by atoms with E-state index in [1.165, 1.54) is 0 Å². The molecule has 0 unspecified atom stereocenters. The molecule has 0 atom stereocenters. The third-order valence-corrected chi connectivity index (χ3v) is 6.85. The molecule has 0 saturated carbocycles. The summed E-state index contributed by atoms with van der Waals surface area (Å²) < 4.78 is 23.5. The number of hydrogen-bond acceptors (Lipinski definition) is 5. The largest absolute Gasteiger partial charge is 0.493 e. The van der Waals surface area contributed by atoms with Crippen molar-refractivity contribution in [2.45, 2.75) is 19.4 Å². The van der Waals surface area contributed by atoms with Crippen LogP contribution in [0.2, 0.25) is 0 Å². The number of carbonyl (C=O) groups is 1. The van der Waals surface area contributed by atoms with E-state index in [1.54, 1.807) is 20.3 Å². The Morgan fingerprint density at radius 3 is 2.15 bits per heavy atom. The fraction of sp³-hybridized carbons (Fsp3) is 0.171. The van der Waals surface area contributed by atoms with E-state index in [0.717, 1.165) is 27.6 Å². The van der Waals surface area contributed by atoms with Gasteiger partial charge in [0.25, 0.3) is 0 Å². The van der Waals surface area contributed by atoms with Crippen LogP contribution < -0.4 is 19.5 Å². The Hall–Kier alpha value is -4.97. The minimum Gasteiger partial charge on any atom is -0.493 e. The summed E-state index contributed by atoms with van der Waals surface area (Å²) in [6.45, 7) is 2.35. The van der Waals surface area contributed by atoms with Crippen molar-refractivity contribution < 1.29 is 23.4 Å². The first-order valence-electron chi connectivity index (χ1n) is 13.5. The first kappa shape index (κ1) is 27.6. The Bertz CT molecular complexity index is 1600. The molecule has 0 aliphatic rings. The third kappa shape index (κ3) is 6.61. The van der Waals surface area contributed by atoms with E-state index in [2.05, 4.69) is 29.6 Å². The van der Waals surface area contributed by atoms with E-state index in [1.807, 2.05) is 85.8 Å². The number of rotatable bonds is 11. The predicted octanol–water partition coefficient (Wildman–Crippen LogP) is 7.38. The Kier molecular flexibility index (Phi) is 8.70. The maximum Gasteiger partial charge on any atom is 0.244 e. The van der Waals surface area contributed by atoms with Gasteiger partial charge in [-0.2, -0.15) is 0 Å². The highest BCUT2D eigenvalue weighted by Crippen LogP contribution is 2.36. The number of furan rings is 1. The first-order chi connectivity index (χ1) is 20.1. The van der Waals surface area contributed by atoms with Crippen LogP contribution in [0.25, 0.3) is 16.5 Å². The molecule has 1 N–H and O–H groups in total. The smallest absolute Gasteiger partial charge is 0.244 e. The Labute approximate surface area is 240 Å². The number of methoxy groups -OCH3 is 2. The molecular formula is C35H33NO5. The average molecular weight is 548 g/mol. The van der Waals surface area contributed by atoms with Crippen molar-refractivity contribution in [3.8, 4) is 17.2 Å². The van der Waals surface area contributed by atoms with Crippen molar-refractivity contribution in [1.82, 2.24) is 5.32 Å². The van der Waals surface area contributed by atoms with Gasteiger partial charge in [-0.25, -0.2) is 0 Å². The number of allylic oxidation sites excluding steroid dienone is 1. The van der Waals surface area contributed by atoms with Gasteiger partial charge in [-0.1, -0.05) is 78.9 Å². The predicted molar refractivity (Wildman–Crippen MR) is 161 cm³/mol. The Morgan fingerprint density at radius 2 is 1.49 bits per heavy atom. The summed E-state index contributed by atoms with van der Waals surface area (Å²) in [5, 5.41) is 3.85. The number of benzene rings is 4. The number of amides is 1. The second-order valence-corrected chi connectivity index (χ2v) is 9.66. The van der Waals surface area contributed by atoms with Crippen LogP contribution in [-0.4, -0.2) is 26.7 Å². The molecule has 0 aliphatic heterocycles. The van der Waals surface area contributed by atoms with Gasteiger partial charge >= 0.3 is 0 Å². The van der Waals surface area contributed by atoms with E-state index < -0.39 is 0 Å². The monoisotopic (exact) mass is 547 g/mol. The van der Waals surface area contributed by atoms with Crippen molar-refractivity contribution in [3.05, 3.63) is 132 Å². The fourth-order valence-electron chi connectivity index (χ4n) is 4.72. The van der Waals surface area contributed by atoms with Crippen LogP contribution in [0, 0.1) is 0 Å². The summed E-state index contributed by atoms with van der Waals surface area (Å²) in [5.41, 5.74) is 4.49. The summed E-state index contributed by atoms with van der Waals surface area (Å²) in [7, 11) is 3.21. The lowest BCUT2D eigenvalue weighted by molar-refractivity contribution is -0.116. The van der Waals surface area contributed by atoms with E-state index >= 15 is 0 Å². The van der Waals surface area contributed by atoms with Gasteiger partial charge in [0.05, 0.1) is 14.2 Å². The molecule has 0 aliphatic carbocycles. The molecule has 1 heterocycles. The summed E-state index contributed by atoms with van der Waals surface area (Å²) in [4.78, 5) is 12.7. The molecule has 0 spiro atoms. The zero-order chi connectivity index (χ0) is 28.6. The molecule has 6 nitrogen and oxygen atoms in total. The first-order valence-corrected chi connectivity index (χ1v) is 13.5. The van der Waals surface area contributed by atoms with Crippen LogP contribution in [0.1, 0.15) is 35.5 Å². The van der Waals surface area contributed by atoms with Crippen LogP contribution in [0.5, 0.6) is 17.2 Å². The van der Waals surface area contributed by atoms with Gasteiger partial charge in [-0.15, -0.1) is 0 Å². The van der Waals surface area contributed by atoms with E-state index in [4.69, 9.17) is 18.6 Å². The SMILES string of the molecule is COc1ccc(CCNC(=O)/C=C(/C)c2cc3cccc(OC(c4ccccc4)c4ccccc4)c3o2)cc1OC. The minimum atomic E-state index is -0.301. The van der Waals surface area contributed by atoms with Crippen molar-refractivity contribution in [2.24, 2.45) is 0 Å². The molecule has 0 saturated heterocycles. The maximum atomic E-state index is 12.7. The average Bonchev–Trinajstić information content (AvgIpc) is 3.46. The lowest BCUT2D eigenvalue weighted by Crippen LogP contribution is -2.23. The molecular weight excluding hydrogens is 514 g/mol. The van der Waals surface area contributed by atoms with Gasteiger partial charge in [0.15, 0.2) is 22.8 Å². The Balaban J connectivity index is 1.30. The number of para-hydroxylation sites is 1. The molecule has 1 amide bonds. The van der Waals surface area contributed by atoms with Crippen molar-refractivity contribution >= 4 is 22.4 Å². The van der Waals surface area contributed by atoms with Crippen LogP contribution in [0.3, 0.4) is 0 Å².